The van der Waals surface area contributed by atoms with Crippen LogP contribution in [0.15, 0.2) is 0 Å². The molecule has 4 nitrogen and oxygen atoms in total. The predicted octanol–water partition coefficient (Wildman–Crippen LogP) is 1.28. The number of amides is 1. The average Bonchev–Trinajstić information content (AvgIpc) is 2.34. The molecule has 1 saturated heterocycles. The lowest BCUT2D eigenvalue weighted by Gasteiger charge is -2.36. The predicted molar refractivity (Wildman–Crippen MR) is 65.2 cm³/mol. The first-order valence-corrected chi connectivity index (χ1v) is 6.60. The van der Waals surface area contributed by atoms with E-state index in [0.29, 0.717) is 18.5 Å². The molecule has 0 aromatic heterocycles. The average molecular weight is 235 g/mol. The second-order valence-electron chi connectivity index (χ2n) is 5.30. The SMILES string of the molecule is CN1CC(NC2CCCCC2C#N)CCC1=O. The van der Waals surface area contributed by atoms with Gasteiger partial charge in [-0.1, -0.05) is 12.8 Å². The first-order chi connectivity index (χ1) is 8.20. The van der Waals surface area contributed by atoms with E-state index in [0.717, 1.165) is 25.8 Å². The lowest BCUT2D eigenvalue weighted by Crippen LogP contribution is -2.52. The second-order valence-corrected chi connectivity index (χ2v) is 5.30. The van der Waals surface area contributed by atoms with Gasteiger partial charge in [0.15, 0.2) is 0 Å². The standard InChI is InChI=1S/C13H21N3O/c1-16-9-11(6-7-13(16)17)15-12-5-3-2-4-10(12)8-14/h10-12,15H,2-7,9H2,1H3. The number of hydrogen-bond acceptors (Lipinski definition) is 3. The zero-order chi connectivity index (χ0) is 12.3. The van der Waals surface area contributed by atoms with Gasteiger partial charge in [0, 0.05) is 32.1 Å². The topological polar surface area (TPSA) is 56.1 Å². The van der Waals surface area contributed by atoms with Crippen molar-refractivity contribution in [1.29, 1.82) is 5.26 Å². The van der Waals surface area contributed by atoms with Gasteiger partial charge in [-0.25, -0.2) is 0 Å². The first kappa shape index (κ1) is 12.4. The molecule has 2 rings (SSSR count). The molecular weight excluding hydrogens is 214 g/mol. The summed E-state index contributed by atoms with van der Waals surface area (Å²) in [7, 11) is 1.86. The van der Waals surface area contributed by atoms with Crippen molar-refractivity contribution in [3.05, 3.63) is 0 Å². The number of hydrogen-bond donors (Lipinski definition) is 1. The Hall–Kier alpha value is -1.08. The van der Waals surface area contributed by atoms with E-state index in [1.807, 2.05) is 7.05 Å². The van der Waals surface area contributed by atoms with E-state index in [1.165, 1.54) is 12.8 Å². The molecule has 1 heterocycles. The molecule has 0 aromatic rings. The molecule has 2 aliphatic rings. The molecule has 0 radical (unpaired) electrons. The molecule has 1 aliphatic heterocycles. The summed E-state index contributed by atoms with van der Waals surface area (Å²) in [5.74, 6) is 0.398. The molecule has 2 fully saturated rings. The molecule has 94 valence electrons. The smallest absolute Gasteiger partial charge is 0.222 e. The summed E-state index contributed by atoms with van der Waals surface area (Å²) in [6, 6.07) is 3.13. The van der Waals surface area contributed by atoms with Crippen molar-refractivity contribution >= 4 is 5.91 Å². The molecule has 0 spiro atoms. The molecule has 1 N–H and O–H groups in total. The number of piperidine rings is 1. The van der Waals surface area contributed by atoms with Crippen molar-refractivity contribution in [1.82, 2.24) is 10.2 Å². The van der Waals surface area contributed by atoms with Crippen LogP contribution in [0.3, 0.4) is 0 Å². The Bertz CT molecular complexity index is 323. The third-order valence-corrected chi connectivity index (χ3v) is 4.01. The molecule has 1 amide bonds. The van der Waals surface area contributed by atoms with Crippen LogP contribution in [0.2, 0.25) is 0 Å². The monoisotopic (exact) mass is 235 g/mol. The zero-order valence-corrected chi connectivity index (χ0v) is 10.5. The van der Waals surface area contributed by atoms with Crippen LogP contribution >= 0.6 is 0 Å². The van der Waals surface area contributed by atoms with Gasteiger partial charge < -0.3 is 10.2 Å². The number of nitrogens with zero attached hydrogens (tertiary/aromatic N) is 2. The molecule has 4 heteroatoms. The van der Waals surface area contributed by atoms with Gasteiger partial charge in [-0.2, -0.15) is 5.26 Å². The minimum Gasteiger partial charge on any atom is -0.344 e. The summed E-state index contributed by atoms with van der Waals surface area (Å²) in [4.78, 5) is 13.2. The number of carbonyl (C=O) groups excluding carboxylic acids is 1. The van der Waals surface area contributed by atoms with Crippen LogP contribution in [0.4, 0.5) is 0 Å². The highest BCUT2D eigenvalue weighted by Gasteiger charge is 2.29. The Morgan fingerprint density at radius 1 is 1.35 bits per heavy atom. The fourth-order valence-corrected chi connectivity index (χ4v) is 2.94. The van der Waals surface area contributed by atoms with Crippen LogP contribution < -0.4 is 5.32 Å². The van der Waals surface area contributed by atoms with E-state index in [2.05, 4.69) is 11.4 Å². The van der Waals surface area contributed by atoms with Gasteiger partial charge in [0.2, 0.25) is 5.91 Å². The van der Waals surface area contributed by atoms with Crippen molar-refractivity contribution in [2.75, 3.05) is 13.6 Å². The number of nitrogens with one attached hydrogen (secondary N) is 1. The van der Waals surface area contributed by atoms with Crippen molar-refractivity contribution in [3.63, 3.8) is 0 Å². The van der Waals surface area contributed by atoms with E-state index in [-0.39, 0.29) is 11.8 Å². The van der Waals surface area contributed by atoms with Gasteiger partial charge in [0.05, 0.1) is 12.0 Å². The number of carbonyl (C=O) groups is 1. The van der Waals surface area contributed by atoms with E-state index in [9.17, 15) is 4.79 Å². The highest BCUT2D eigenvalue weighted by Crippen LogP contribution is 2.25. The molecule has 3 atom stereocenters. The minimum atomic E-state index is 0.159. The van der Waals surface area contributed by atoms with Gasteiger partial charge in [-0.15, -0.1) is 0 Å². The summed E-state index contributed by atoms with van der Waals surface area (Å²) in [6.45, 7) is 0.785. The quantitative estimate of drug-likeness (QED) is 0.784. The number of likely N-dealkylation sites (tertiary alicyclic amines) is 1. The number of likely N-dealkylation sites (N-methyl/N-ethyl adjacent to an activating group) is 1. The fourth-order valence-electron chi connectivity index (χ4n) is 2.94. The van der Waals surface area contributed by atoms with Gasteiger partial charge in [0.1, 0.15) is 0 Å². The molecule has 3 unspecified atom stereocenters. The maximum Gasteiger partial charge on any atom is 0.222 e. The maximum atomic E-state index is 11.4. The highest BCUT2D eigenvalue weighted by molar-refractivity contribution is 5.76. The van der Waals surface area contributed by atoms with Crippen molar-refractivity contribution < 1.29 is 4.79 Å². The molecule has 0 bridgehead atoms. The van der Waals surface area contributed by atoms with Gasteiger partial charge in [-0.05, 0) is 19.3 Å². The molecular formula is C13H21N3O. The minimum absolute atomic E-state index is 0.159. The van der Waals surface area contributed by atoms with Crippen molar-refractivity contribution in [3.8, 4) is 6.07 Å². The van der Waals surface area contributed by atoms with Crippen molar-refractivity contribution in [2.24, 2.45) is 5.92 Å². The van der Waals surface area contributed by atoms with Gasteiger partial charge in [-0.3, -0.25) is 4.79 Å². The van der Waals surface area contributed by atoms with Crippen molar-refractivity contribution in [2.45, 2.75) is 50.6 Å². The van der Waals surface area contributed by atoms with Crippen LogP contribution in [-0.2, 0) is 4.79 Å². The third kappa shape index (κ3) is 2.98. The number of rotatable bonds is 2. The summed E-state index contributed by atoms with van der Waals surface area (Å²) in [6.07, 6.45) is 6.08. The van der Waals surface area contributed by atoms with E-state index >= 15 is 0 Å². The van der Waals surface area contributed by atoms with Crippen LogP contribution in [0, 0.1) is 17.2 Å². The summed E-state index contributed by atoms with van der Waals surface area (Å²) < 4.78 is 0. The summed E-state index contributed by atoms with van der Waals surface area (Å²) in [5.41, 5.74) is 0. The molecule has 17 heavy (non-hydrogen) atoms. The van der Waals surface area contributed by atoms with E-state index in [1.54, 1.807) is 4.90 Å². The largest absolute Gasteiger partial charge is 0.344 e. The van der Waals surface area contributed by atoms with Crippen LogP contribution in [0.5, 0.6) is 0 Å². The highest BCUT2D eigenvalue weighted by atomic mass is 16.2. The maximum absolute atomic E-state index is 11.4. The molecule has 1 aliphatic carbocycles. The lowest BCUT2D eigenvalue weighted by molar-refractivity contribution is -0.132. The molecule has 0 aromatic carbocycles. The zero-order valence-electron chi connectivity index (χ0n) is 10.5. The van der Waals surface area contributed by atoms with E-state index < -0.39 is 0 Å². The van der Waals surface area contributed by atoms with Gasteiger partial charge in [0.25, 0.3) is 0 Å². The number of nitriles is 1. The van der Waals surface area contributed by atoms with Crippen LogP contribution in [0.1, 0.15) is 38.5 Å². The summed E-state index contributed by atoms with van der Waals surface area (Å²) >= 11 is 0. The Morgan fingerprint density at radius 2 is 2.12 bits per heavy atom. The van der Waals surface area contributed by atoms with Gasteiger partial charge >= 0.3 is 0 Å². The molecule has 1 saturated carbocycles. The Balaban J connectivity index is 1.87. The lowest BCUT2D eigenvalue weighted by atomic mass is 9.84. The van der Waals surface area contributed by atoms with E-state index in [4.69, 9.17) is 5.26 Å². The second kappa shape index (κ2) is 5.50. The Morgan fingerprint density at radius 3 is 2.82 bits per heavy atom. The third-order valence-electron chi connectivity index (χ3n) is 4.01. The summed E-state index contributed by atoms with van der Waals surface area (Å²) in [5, 5.41) is 12.7. The fraction of sp³-hybridized carbons (Fsp3) is 0.846. The van der Waals surface area contributed by atoms with Crippen LogP contribution in [-0.4, -0.2) is 36.5 Å². The normalized spacial score (nSPS) is 34.5. The van der Waals surface area contributed by atoms with Crippen LogP contribution in [0.25, 0.3) is 0 Å². The Labute approximate surface area is 103 Å². The first-order valence-electron chi connectivity index (χ1n) is 6.60. The Kier molecular flexibility index (Phi) is 4.01.